The van der Waals surface area contributed by atoms with E-state index in [9.17, 15) is 0 Å². The van der Waals surface area contributed by atoms with E-state index < -0.39 is 0 Å². The van der Waals surface area contributed by atoms with Crippen molar-refractivity contribution in [3.05, 3.63) is 71.3 Å². The lowest BCUT2D eigenvalue weighted by Crippen LogP contribution is -2.33. The van der Waals surface area contributed by atoms with Crippen LogP contribution in [0.25, 0.3) is 10.9 Å². The Morgan fingerprint density at radius 3 is 2.77 bits per heavy atom. The number of hydrogen-bond donors (Lipinski definition) is 0. The van der Waals surface area contributed by atoms with Crippen LogP contribution in [0.3, 0.4) is 0 Å². The molecule has 0 N–H and O–H groups in total. The second-order valence-corrected chi connectivity index (χ2v) is 7.22. The molecule has 4 rings (SSSR count). The van der Waals surface area contributed by atoms with Crippen LogP contribution in [-0.2, 0) is 13.0 Å². The Kier molecular flexibility index (Phi) is 4.89. The molecule has 3 aromatic rings. The molecule has 0 saturated heterocycles. The van der Waals surface area contributed by atoms with Crippen molar-refractivity contribution in [3.8, 4) is 5.88 Å². The van der Waals surface area contributed by atoms with Crippen LogP contribution >= 0.6 is 0 Å². The number of para-hydroxylation sites is 1. The zero-order valence-electron chi connectivity index (χ0n) is 15.6. The van der Waals surface area contributed by atoms with Crippen molar-refractivity contribution < 1.29 is 4.74 Å². The summed E-state index contributed by atoms with van der Waals surface area (Å²) in [6.07, 6.45) is 2.25. The fourth-order valence-corrected chi connectivity index (χ4v) is 3.69. The average molecular weight is 346 g/mol. The van der Waals surface area contributed by atoms with Gasteiger partial charge in [-0.15, -0.1) is 0 Å². The van der Waals surface area contributed by atoms with Gasteiger partial charge in [-0.3, -0.25) is 4.90 Å². The van der Waals surface area contributed by atoms with Gasteiger partial charge in [0.05, 0.1) is 5.52 Å². The molecule has 0 aliphatic carbocycles. The molecule has 0 saturated carbocycles. The summed E-state index contributed by atoms with van der Waals surface area (Å²) in [6, 6.07) is 19.3. The molecule has 0 amide bonds. The van der Waals surface area contributed by atoms with Crippen LogP contribution in [0.15, 0.2) is 54.6 Å². The third kappa shape index (κ3) is 3.58. The number of ether oxygens (including phenoxy) is 1. The van der Waals surface area contributed by atoms with Gasteiger partial charge in [-0.2, -0.15) is 0 Å². The molecule has 2 heterocycles. The minimum atomic E-state index is 0.195. The summed E-state index contributed by atoms with van der Waals surface area (Å²) in [6.45, 7) is 7.19. The topological polar surface area (TPSA) is 25.4 Å². The van der Waals surface area contributed by atoms with E-state index in [4.69, 9.17) is 9.72 Å². The first-order valence-electron chi connectivity index (χ1n) is 9.55. The summed E-state index contributed by atoms with van der Waals surface area (Å²) in [5, 5.41) is 1.20. The fourth-order valence-electron chi connectivity index (χ4n) is 3.69. The van der Waals surface area contributed by atoms with Crippen molar-refractivity contribution in [3.63, 3.8) is 0 Å². The summed E-state index contributed by atoms with van der Waals surface area (Å²) in [4.78, 5) is 7.39. The number of benzene rings is 2. The molecule has 0 fully saturated rings. The van der Waals surface area contributed by atoms with E-state index in [0.29, 0.717) is 0 Å². The highest BCUT2D eigenvalue weighted by Crippen LogP contribution is 2.29. The van der Waals surface area contributed by atoms with Gasteiger partial charge in [-0.1, -0.05) is 55.5 Å². The van der Waals surface area contributed by atoms with Crippen molar-refractivity contribution in [2.24, 2.45) is 0 Å². The molecule has 1 aromatic heterocycles. The average Bonchev–Trinajstić information content (AvgIpc) is 2.84. The van der Waals surface area contributed by atoms with Gasteiger partial charge in [0, 0.05) is 30.6 Å². The number of pyridine rings is 1. The standard InChI is InChI=1S/C23H26N2O/c1-3-21-16-25(13-12-18-9-5-4-6-10-18)15-20-14-19-11-7-8-17(2)22(19)24-23(20)26-21/h4-11,14,21H,3,12-13,15-16H2,1-2H3. The Morgan fingerprint density at radius 1 is 1.12 bits per heavy atom. The van der Waals surface area contributed by atoms with Gasteiger partial charge in [0.25, 0.3) is 0 Å². The Morgan fingerprint density at radius 2 is 1.96 bits per heavy atom. The summed E-state index contributed by atoms with van der Waals surface area (Å²) < 4.78 is 6.30. The number of aromatic nitrogens is 1. The maximum atomic E-state index is 6.30. The summed E-state index contributed by atoms with van der Waals surface area (Å²) in [5.74, 6) is 0.820. The third-order valence-corrected chi connectivity index (χ3v) is 5.24. The molecule has 1 aliphatic heterocycles. The second kappa shape index (κ2) is 7.46. The molecule has 3 heteroatoms. The maximum Gasteiger partial charge on any atom is 0.218 e. The van der Waals surface area contributed by atoms with Crippen LogP contribution < -0.4 is 4.74 Å². The van der Waals surface area contributed by atoms with Crippen LogP contribution in [0.1, 0.15) is 30.0 Å². The minimum Gasteiger partial charge on any atom is -0.473 e. The SMILES string of the molecule is CCC1CN(CCc2ccccc2)Cc2cc3cccc(C)c3nc2O1. The predicted octanol–water partition coefficient (Wildman–Crippen LogP) is 4.76. The molecular formula is C23H26N2O. The second-order valence-electron chi connectivity index (χ2n) is 7.22. The highest BCUT2D eigenvalue weighted by atomic mass is 16.5. The molecular weight excluding hydrogens is 320 g/mol. The number of fused-ring (bicyclic) bond motifs is 2. The zero-order chi connectivity index (χ0) is 17.9. The lowest BCUT2D eigenvalue weighted by Gasteiger charge is -2.22. The van der Waals surface area contributed by atoms with Crippen LogP contribution in [0.4, 0.5) is 0 Å². The highest BCUT2D eigenvalue weighted by Gasteiger charge is 2.23. The molecule has 1 atom stereocenters. The molecule has 0 bridgehead atoms. The zero-order valence-corrected chi connectivity index (χ0v) is 15.6. The van der Waals surface area contributed by atoms with Gasteiger partial charge < -0.3 is 4.74 Å². The van der Waals surface area contributed by atoms with E-state index in [1.807, 2.05) is 0 Å². The van der Waals surface area contributed by atoms with Gasteiger partial charge in [-0.25, -0.2) is 4.98 Å². The van der Waals surface area contributed by atoms with E-state index in [-0.39, 0.29) is 6.10 Å². The smallest absolute Gasteiger partial charge is 0.218 e. The lowest BCUT2D eigenvalue weighted by atomic mass is 10.1. The third-order valence-electron chi connectivity index (χ3n) is 5.24. The van der Waals surface area contributed by atoms with Crippen LogP contribution in [0.5, 0.6) is 5.88 Å². The lowest BCUT2D eigenvalue weighted by molar-refractivity contribution is 0.140. The first-order valence-corrected chi connectivity index (χ1v) is 9.55. The largest absolute Gasteiger partial charge is 0.473 e. The van der Waals surface area contributed by atoms with Gasteiger partial charge in [0.1, 0.15) is 6.10 Å². The Hall–Kier alpha value is -2.39. The summed E-state index contributed by atoms with van der Waals surface area (Å²) in [5.41, 5.74) is 4.84. The van der Waals surface area contributed by atoms with E-state index >= 15 is 0 Å². The van der Waals surface area contributed by atoms with E-state index in [2.05, 4.69) is 73.3 Å². The molecule has 26 heavy (non-hydrogen) atoms. The molecule has 2 aromatic carbocycles. The van der Waals surface area contributed by atoms with E-state index in [1.54, 1.807) is 0 Å². The van der Waals surface area contributed by atoms with Gasteiger partial charge in [0.2, 0.25) is 5.88 Å². The van der Waals surface area contributed by atoms with Gasteiger partial charge in [-0.05, 0) is 37.0 Å². The Balaban J connectivity index is 1.61. The monoisotopic (exact) mass is 346 g/mol. The quantitative estimate of drug-likeness (QED) is 0.681. The van der Waals surface area contributed by atoms with Crippen LogP contribution in [-0.4, -0.2) is 29.1 Å². The number of aryl methyl sites for hydroxylation is 1. The number of rotatable bonds is 4. The number of nitrogens with zero attached hydrogens (tertiary/aromatic N) is 2. The summed E-state index contributed by atoms with van der Waals surface area (Å²) >= 11 is 0. The maximum absolute atomic E-state index is 6.30. The van der Waals surface area contributed by atoms with Crippen LogP contribution in [0.2, 0.25) is 0 Å². The first kappa shape index (κ1) is 17.0. The highest BCUT2D eigenvalue weighted by molar-refractivity contribution is 5.83. The van der Waals surface area contributed by atoms with Crippen molar-refractivity contribution in [2.45, 2.75) is 39.3 Å². The molecule has 1 aliphatic rings. The first-order chi connectivity index (χ1) is 12.7. The van der Waals surface area contributed by atoms with Gasteiger partial charge >= 0.3 is 0 Å². The van der Waals surface area contributed by atoms with Crippen molar-refractivity contribution in [1.29, 1.82) is 0 Å². The Bertz CT molecular complexity index is 891. The fraction of sp³-hybridized carbons (Fsp3) is 0.348. The predicted molar refractivity (Wildman–Crippen MR) is 107 cm³/mol. The van der Waals surface area contributed by atoms with Crippen molar-refractivity contribution in [2.75, 3.05) is 13.1 Å². The van der Waals surface area contributed by atoms with Gasteiger partial charge in [0.15, 0.2) is 0 Å². The molecule has 1 unspecified atom stereocenters. The van der Waals surface area contributed by atoms with Crippen LogP contribution in [0, 0.1) is 6.92 Å². The Labute approximate surface area is 155 Å². The van der Waals surface area contributed by atoms with Crippen molar-refractivity contribution in [1.82, 2.24) is 9.88 Å². The molecule has 134 valence electrons. The van der Waals surface area contributed by atoms with Crippen molar-refractivity contribution >= 4 is 10.9 Å². The van der Waals surface area contributed by atoms with E-state index in [1.165, 1.54) is 22.1 Å². The normalized spacial score (nSPS) is 17.5. The summed E-state index contributed by atoms with van der Waals surface area (Å²) in [7, 11) is 0. The van der Waals surface area contributed by atoms with E-state index in [0.717, 1.165) is 43.9 Å². The number of hydrogen-bond acceptors (Lipinski definition) is 3. The molecule has 0 spiro atoms. The minimum absolute atomic E-state index is 0.195. The molecule has 3 nitrogen and oxygen atoms in total. The molecule has 0 radical (unpaired) electrons.